The first-order valence-electron chi connectivity index (χ1n) is 12.1. The van der Waals surface area contributed by atoms with E-state index in [1.807, 2.05) is 43.3 Å². The normalized spacial score (nSPS) is 14.5. The molecule has 9 nitrogen and oxygen atoms in total. The number of hydrogen-bond donors (Lipinski definition) is 1. The monoisotopic (exact) mass is 519 g/mol. The van der Waals surface area contributed by atoms with E-state index < -0.39 is 0 Å². The third-order valence-electron chi connectivity index (χ3n) is 6.71. The summed E-state index contributed by atoms with van der Waals surface area (Å²) in [6.07, 6.45) is 2.43. The van der Waals surface area contributed by atoms with Gasteiger partial charge in [0.25, 0.3) is 5.56 Å². The molecule has 192 valence electrons. The maximum absolute atomic E-state index is 13.4. The molecule has 1 aliphatic heterocycles. The molecule has 0 radical (unpaired) electrons. The Bertz CT molecular complexity index is 1540. The van der Waals surface area contributed by atoms with E-state index in [1.165, 1.54) is 17.3 Å². The van der Waals surface area contributed by atoms with Crippen LogP contribution in [0.25, 0.3) is 16.7 Å². The number of carbonyl (C=O) groups is 1. The summed E-state index contributed by atoms with van der Waals surface area (Å²) >= 11 is 1.49. The van der Waals surface area contributed by atoms with E-state index in [1.54, 1.807) is 29.7 Å². The molecule has 0 saturated heterocycles. The smallest absolute Gasteiger partial charge is 0.265 e. The van der Waals surface area contributed by atoms with Gasteiger partial charge in [-0.2, -0.15) is 5.10 Å². The quantitative estimate of drug-likeness (QED) is 0.355. The number of aromatic nitrogens is 4. The molecule has 1 amide bonds. The zero-order chi connectivity index (χ0) is 26.1. The van der Waals surface area contributed by atoms with Gasteiger partial charge in [-0.1, -0.05) is 23.9 Å². The summed E-state index contributed by atoms with van der Waals surface area (Å²) in [6.45, 7) is 4.58. The highest BCUT2D eigenvalue weighted by atomic mass is 32.2. The molecule has 0 spiro atoms. The van der Waals surface area contributed by atoms with Crippen molar-refractivity contribution in [1.29, 1.82) is 0 Å². The van der Waals surface area contributed by atoms with Crippen molar-refractivity contribution in [3.05, 3.63) is 69.6 Å². The third-order valence-corrected chi connectivity index (χ3v) is 7.81. The van der Waals surface area contributed by atoms with Crippen LogP contribution in [0.3, 0.4) is 0 Å². The number of nitrogens with zero attached hydrogens (tertiary/aromatic N) is 4. The van der Waals surface area contributed by atoms with Gasteiger partial charge in [0.2, 0.25) is 5.91 Å². The second-order valence-electron chi connectivity index (χ2n) is 9.09. The molecule has 10 heteroatoms. The van der Waals surface area contributed by atoms with Crippen LogP contribution in [0.1, 0.15) is 29.2 Å². The summed E-state index contributed by atoms with van der Waals surface area (Å²) in [5.74, 6) is 1.84. The van der Waals surface area contributed by atoms with Crippen molar-refractivity contribution in [3.8, 4) is 17.2 Å². The number of ether oxygens (including phenoxy) is 2. The highest BCUT2D eigenvalue weighted by molar-refractivity contribution is 7.99. The van der Waals surface area contributed by atoms with Gasteiger partial charge in [0, 0.05) is 18.7 Å². The van der Waals surface area contributed by atoms with Crippen molar-refractivity contribution in [3.63, 3.8) is 0 Å². The zero-order valence-electron chi connectivity index (χ0n) is 21.3. The molecule has 1 aliphatic rings. The number of hydrogen-bond acceptors (Lipinski definition) is 7. The Morgan fingerprint density at radius 1 is 1.11 bits per heavy atom. The summed E-state index contributed by atoms with van der Waals surface area (Å²) in [6, 6.07) is 11.5. The second kappa shape index (κ2) is 10.3. The van der Waals surface area contributed by atoms with Crippen molar-refractivity contribution < 1.29 is 14.3 Å². The van der Waals surface area contributed by atoms with E-state index >= 15 is 0 Å². The Kier molecular flexibility index (Phi) is 6.92. The van der Waals surface area contributed by atoms with Crippen molar-refractivity contribution in [2.75, 3.05) is 26.5 Å². The Balaban J connectivity index is 1.28. The number of amides is 1. The minimum atomic E-state index is -0.254. The minimum absolute atomic E-state index is 0.100. The first kappa shape index (κ1) is 24.9. The molecule has 1 atom stereocenters. The predicted molar refractivity (Wildman–Crippen MR) is 143 cm³/mol. The van der Waals surface area contributed by atoms with Crippen LogP contribution in [0.4, 0.5) is 0 Å². The number of fused-ring (bicyclic) bond motifs is 2. The fourth-order valence-electron chi connectivity index (χ4n) is 4.50. The molecule has 0 fully saturated rings. The Morgan fingerprint density at radius 2 is 1.92 bits per heavy atom. The molecule has 37 heavy (non-hydrogen) atoms. The molecular weight excluding hydrogens is 490 g/mol. The van der Waals surface area contributed by atoms with Crippen LogP contribution >= 0.6 is 11.8 Å². The van der Waals surface area contributed by atoms with E-state index in [0.29, 0.717) is 46.4 Å². The zero-order valence-corrected chi connectivity index (χ0v) is 22.1. The van der Waals surface area contributed by atoms with Crippen LogP contribution in [-0.2, 0) is 11.2 Å². The maximum atomic E-state index is 13.4. The molecule has 3 heterocycles. The summed E-state index contributed by atoms with van der Waals surface area (Å²) in [5, 5.41) is 8.49. The number of aryl methyl sites for hydroxylation is 2. The molecule has 5 rings (SSSR count). The highest BCUT2D eigenvalue weighted by Gasteiger charge is 2.29. The van der Waals surface area contributed by atoms with Gasteiger partial charge in [-0.3, -0.25) is 14.2 Å². The average Bonchev–Trinajstić information content (AvgIpc) is 3.50. The minimum Gasteiger partial charge on any atom is -0.493 e. The van der Waals surface area contributed by atoms with E-state index in [9.17, 15) is 9.59 Å². The Labute approximate surface area is 218 Å². The molecule has 0 saturated carbocycles. The lowest BCUT2D eigenvalue weighted by atomic mass is 10.1. The SMILES string of the molecule is COc1ccc(CCNC(=O)CC2CSc3nc4c(cnn4-c4ccc(C)c(C)c4)c(=O)n32)cc1OC. The largest absolute Gasteiger partial charge is 0.493 e. The summed E-state index contributed by atoms with van der Waals surface area (Å²) in [4.78, 5) is 30.9. The lowest BCUT2D eigenvalue weighted by Crippen LogP contribution is -2.31. The van der Waals surface area contributed by atoms with E-state index in [2.05, 4.69) is 17.3 Å². The summed E-state index contributed by atoms with van der Waals surface area (Å²) < 4.78 is 14.0. The van der Waals surface area contributed by atoms with Crippen molar-refractivity contribution >= 4 is 28.7 Å². The van der Waals surface area contributed by atoms with Gasteiger partial charge in [0.05, 0.1) is 32.1 Å². The fraction of sp³-hybridized carbons (Fsp3) is 0.333. The molecule has 1 unspecified atom stereocenters. The molecule has 4 aromatic rings. The summed E-state index contributed by atoms with van der Waals surface area (Å²) in [7, 11) is 3.19. The van der Waals surface area contributed by atoms with Crippen molar-refractivity contribution in [2.45, 2.75) is 37.9 Å². The van der Waals surface area contributed by atoms with Gasteiger partial charge in [-0.25, -0.2) is 9.67 Å². The molecule has 1 N–H and O–H groups in total. The average molecular weight is 520 g/mol. The standard InChI is InChI=1S/C27H29N5O4S/c1-16-5-7-19(11-17(16)2)32-25-21(14-29-32)26(34)31-20(15-37-27(31)30-25)13-24(33)28-10-9-18-6-8-22(35-3)23(12-18)36-4/h5-8,11-12,14,20H,9-10,13,15H2,1-4H3,(H,28,33). The van der Waals surface area contributed by atoms with Gasteiger partial charge < -0.3 is 14.8 Å². The van der Waals surface area contributed by atoms with E-state index in [4.69, 9.17) is 14.5 Å². The lowest BCUT2D eigenvalue weighted by molar-refractivity contribution is -0.121. The molecule has 0 aliphatic carbocycles. The number of methoxy groups -OCH3 is 2. The molecule has 0 bridgehead atoms. The summed E-state index contributed by atoms with van der Waals surface area (Å²) in [5.41, 5.74) is 4.60. The Hall–Kier alpha value is -3.79. The van der Waals surface area contributed by atoms with Gasteiger partial charge in [0.1, 0.15) is 5.39 Å². The second-order valence-corrected chi connectivity index (χ2v) is 10.1. The number of carbonyl (C=O) groups excluding carboxylic acids is 1. The first-order chi connectivity index (χ1) is 17.9. The van der Waals surface area contributed by atoms with Crippen molar-refractivity contribution in [2.24, 2.45) is 0 Å². The Morgan fingerprint density at radius 3 is 2.68 bits per heavy atom. The van der Waals surface area contributed by atoms with Gasteiger partial charge in [-0.15, -0.1) is 0 Å². The van der Waals surface area contributed by atoms with Gasteiger partial charge in [0.15, 0.2) is 22.3 Å². The van der Waals surface area contributed by atoms with Gasteiger partial charge in [-0.05, 0) is 61.2 Å². The van der Waals surface area contributed by atoms with Crippen molar-refractivity contribution in [1.82, 2.24) is 24.6 Å². The number of rotatable bonds is 8. The van der Waals surface area contributed by atoms with Gasteiger partial charge >= 0.3 is 0 Å². The number of thioether (sulfide) groups is 1. The number of benzene rings is 2. The van der Waals surface area contributed by atoms with Crippen LogP contribution in [0.5, 0.6) is 11.5 Å². The molecule has 2 aromatic carbocycles. The fourth-order valence-corrected chi connectivity index (χ4v) is 5.63. The van der Waals surface area contributed by atoms with Crippen LogP contribution in [0.15, 0.2) is 52.5 Å². The predicted octanol–water partition coefficient (Wildman–Crippen LogP) is 3.61. The third kappa shape index (κ3) is 4.81. The lowest BCUT2D eigenvalue weighted by Gasteiger charge is -2.14. The highest BCUT2D eigenvalue weighted by Crippen LogP contribution is 2.33. The van der Waals surface area contributed by atoms with E-state index in [0.717, 1.165) is 16.8 Å². The molecule has 2 aromatic heterocycles. The van der Waals surface area contributed by atoms with Crippen LogP contribution in [0, 0.1) is 13.8 Å². The first-order valence-corrected chi connectivity index (χ1v) is 13.1. The van der Waals surface area contributed by atoms with E-state index in [-0.39, 0.29) is 23.9 Å². The van der Waals surface area contributed by atoms with Crippen LogP contribution < -0.4 is 20.3 Å². The maximum Gasteiger partial charge on any atom is 0.265 e. The molecular formula is C27H29N5O4S. The topological polar surface area (TPSA) is 100 Å². The van der Waals surface area contributed by atoms with Crippen LogP contribution in [-0.4, -0.2) is 51.8 Å². The number of nitrogens with one attached hydrogen (secondary N) is 1. The van der Waals surface area contributed by atoms with Crippen LogP contribution in [0.2, 0.25) is 0 Å².